The SMILES string of the molecule is CCOC(=O)C1=C2CN(CC(=O)O)CCN2C(c2nccs2)=NC1.Fc1cccc(Br)c1. The minimum Gasteiger partial charge on any atom is -0.480 e. The number of rotatable bonds is 5. The molecule has 0 aliphatic carbocycles. The minimum atomic E-state index is -0.883. The highest BCUT2D eigenvalue weighted by atomic mass is 79.9. The topological polar surface area (TPSA) is 95.3 Å². The highest BCUT2D eigenvalue weighted by Crippen LogP contribution is 2.26. The van der Waals surface area contributed by atoms with Gasteiger partial charge in [0.05, 0.1) is 25.3 Å². The van der Waals surface area contributed by atoms with Gasteiger partial charge in [-0.05, 0) is 25.1 Å². The predicted molar refractivity (Wildman–Crippen MR) is 122 cm³/mol. The molecule has 0 amide bonds. The zero-order valence-corrected chi connectivity index (χ0v) is 19.7. The number of piperazine rings is 1. The molecule has 3 heterocycles. The Hall–Kier alpha value is -2.63. The molecule has 0 unspecified atom stereocenters. The molecule has 0 bridgehead atoms. The standard InChI is InChI=1S/C15H18N4O4S.C6H4BrF/c1-2-23-15(22)10-7-17-13(14-16-3-6-24-14)19-5-4-18(8-11(10)19)9-12(20)21;7-5-2-1-3-6(8)4-5/h3,6H,2,4-5,7-9H2,1H3,(H,20,21);1-4H. The highest BCUT2D eigenvalue weighted by molar-refractivity contribution is 9.10. The largest absolute Gasteiger partial charge is 0.480 e. The highest BCUT2D eigenvalue weighted by Gasteiger charge is 2.34. The molecule has 11 heteroatoms. The second-order valence-corrected chi connectivity index (χ2v) is 8.63. The van der Waals surface area contributed by atoms with Crippen molar-refractivity contribution in [3.63, 3.8) is 0 Å². The summed E-state index contributed by atoms with van der Waals surface area (Å²) in [5, 5.41) is 11.7. The van der Waals surface area contributed by atoms with E-state index in [2.05, 4.69) is 25.9 Å². The Balaban J connectivity index is 0.000000305. The molecule has 1 saturated heterocycles. The van der Waals surface area contributed by atoms with Gasteiger partial charge in [-0.2, -0.15) is 0 Å². The minimum absolute atomic E-state index is 0.0584. The summed E-state index contributed by atoms with van der Waals surface area (Å²) in [5.41, 5.74) is 1.26. The number of nitrogens with zero attached hydrogens (tertiary/aromatic N) is 4. The summed E-state index contributed by atoms with van der Waals surface area (Å²) >= 11 is 4.61. The summed E-state index contributed by atoms with van der Waals surface area (Å²) in [6, 6.07) is 6.26. The Kier molecular flexibility index (Phi) is 8.48. The van der Waals surface area contributed by atoms with E-state index in [0.717, 1.165) is 21.0 Å². The van der Waals surface area contributed by atoms with E-state index in [1.807, 2.05) is 10.3 Å². The van der Waals surface area contributed by atoms with Crippen LogP contribution in [-0.4, -0.2) is 77.0 Å². The number of halogens is 2. The third-order valence-corrected chi connectivity index (χ3v) is 5.88. The van der Waals surface area contributed by atoms with Crippen LogP contribution in [0, 0.1) is 5.82 Å². The predicted octanol–water partition coefficient (Wildman–Crippen LogP) is 3.01. The van der Waals surface area contributed by atoms with Crippen LogP contribution < -0.4 is 0 Å². The fraction of sp³-hybridized carbons (Fsp3) is 0.333. The average Bonchev–Trinajstić information content (AvgIpc) is 3.27. The van der Waals surface area contributed by atoms with E-state index in [4.69, 9.17) is 9.84 Å². The van der Waals surface area contributed by atoms with Gasteiger partial charge in [-0.25, -0.2) is 14.2 Å². The molecule has 170 valence electrons. The number of hydrogen-bond acceptors (Lipinski definition) is 8. The van der Waals surface area contributed by atoms with Gasteiger partial charge in [-0.15, -0.1) is 11.3 Å². The fourth-order valence-electron chi connectivity index (χ4n) is 3.28. The summed E-state index contributed by atoms with van der Waals surface area (Å²) in [6.45, 7) is 3.73. The molecule has 0 radical (unpaired) electrons. The van der Waals surface area contributed by atoms with Gasteiger partial charge in [0.2, 0.25) is 0 Å². The number of hydrogen-bond donors (Lipinski definition) is 1. The van der Waals surface area contributed by atoms with E-state index in [1.54, 1.807) is 30.2 Å². The molecular formula is C21H22BrFN4O4S. The third kappa shape index (κ3) is 6.21. The molecule has 32 heavy (non-hydrogen) atoms. The van der Waals surface area contributed by atoms with E-state index >= 15 is 0 Å². The van der Waals surface area contributed by atoms with Crippen LogP contribution in [-0.2, 0) is 14.3 Å². The molecule has 2 aliphatic rings. The zero-order chi connectivity index (χ0) is 23.1. The van der Waals surface area contributed by atoms with Crippen molar-refractivity contribution in [1.82, 2.24) is 14.8 Å². The molecule has 1 aromatic heterocycles. The number of carbonyl (C=O) groups is 2. The number of ether oxygens (including phenoxy) is 1. The normalized spacial score (nSPS) is 16.0. The van der Waals surface area contributed by atoms with Gasteiger partial charge in [0.25, 0.3) is 0 Å². The first kappa shape index (κ1) is 24.0. The molecule has 8 nitrogen and oxygen atoms in total. The molecule has 4 rings (SSSR count). The van der Waals surface area contributed by atoms with Crippen molar-refractivity contribution >= 4 is 45.0 Å². The number of esters is 1. The molecular weight excluding hydrogens is 503 g/mol. The summed E-state index contributed by atoms with van der Waals surface area (Å²) in [6.07, 6.45) is 1.72. The Bertz CT molecular complexity index is 1010. The maximum Gasteiger partial charge on any atom is 0.337 e. The number of fused-ring (bicyclic) bond motifs is 1. The van der Waals surface area contributed by atoms with Crippen LogP contribution in [0.25, 0.3) is 0 Å². The van der Waals surface area contributed by atoms with Crippen LogP contribution in [0.5, 0.6) is 0 Å². The van der Waals surface area contributed by atoms with Crippen LogP contribution in [0.3, 0.4) is 0 Å². The maximum absolute atomic E-state index is 12.3. The summed E-state index contributed by atoms with van der Waals surface area (Å²) in [5.74, 6) is -0.745. The van der Waals surface area contributed by atoms with Gasteiger partial charge >= 0.3 is 11.9 Å². The Morgan fingerprint density at radius 3 is 2.75 bits per heavy atom. The Morgan fingerprint density at radius 1 is 1.34 bits per heavy atom. The van der Waals surface area contributed by atoms with E-state index < -0.39 is 11.9 Å². The lowest BCUT2D eigenvalue weighted by atomic mass is 10.1. The van der Waals surface area contributed by atoms with E-state index in [-0.39, 0.29) is 25.5 Å². The van der Waals surface area contributed by atoms with Gasteiger partial charge in [0.15, 0.2) is 10.8 Å². The number of amidine groups is 1. The molecule has 2 aromatic rings. The number of carbonyl (C=O) groups excluding carboxylic acids is 1. The van der Waals surface area contributed by atoms with Crippen LogP contribution in [0.2, 0.25) is 0 Å². The summed E-state index contributed by atoms with van der Waals surface area (Å²) in [7, 11) is 0. The first-order valence-corrected chi connectivity index (χ1v) is 11.5. The number of aliphatic carboxylic acids is 1. The number of thiazole rings is 1. The van der Waals surface area contributed by atoms with Crippen LogP contribution >= 0.6 is 27.3 Å². The molecule has 0 atom stereocenters. The van der Waals surface area contributed by atoms with Gasteiger partial charge in [0, 0.05) is 41.4 Å². The van der Waals surface area contributed by atoms with Gasteiger partial charge in [-0.1, -0.05) is 22.0 Å². The van der Waals surface area contributed by atoms with Crippen LogP contribution in [0.15, 0.2) is 56.6 Å². The number of carboxylic acids is 1. The summed E-state index contributed by atoms with van der Waals surface area (Å²) < 4.78 is 18.0. The van der Waals surface area contributed by atoms with E-state index in [9.17, 15) is 14.0 Å². The average molecular weight is 525 g/mol. The second kappa shape index (κ2) is 11.3. The van der Waals surface area contributed by atoms with Crippen molar-refractivity contribution in [2.45, 2.75) is 6.92 Å². The smallest absolute Gasteiger partial charge is 0.337 e. The van der Waals surface area contributed by atoms with Crippen molar-refractivity contribution in [3.05, 3.63) is 62.4 Å². The third-order valence-electron chi connectivity index (χ3n) is 4.62. The Labute approximate surface area is 197 Å². The molecule has 1 N–H and O–H groups in total. The van der Waals surface area contributed by atoms with Crippen molar-refractivity contribution in [2.24, 2.45) is 4.99 Å². The van der Waals surface area contributed by atoms with Crippen molar-refractivity contribution < 1.29 is 23.8 Å². The molecule has 2 aliphatic heterocycles. The molecule has 1 fully saturated rings. The lowest BCUT2D eigenvalue weighted by Crippen LogP contribution is -2.51. The number of carboxylic acid groups (broad SMARTS) is 1. The Morgan fingerprint density at radius 2 is 2.16 bits per heavy atom. The number of aromatic nitrogens is 1. The van der Waals surface area contributed by atoms with Crippen molar-refractivity contribution in [2.75, 3.05) is 39.3 Å². The fourth-order valence-corrected chi connectivity index (χ4v) is 4.30. The zero-order valence-electron chi connectivity index (χ0n) is 17.3. The molecule has 0 saturated carbocycles. The van der Waals surface area contributed by atoms with Crippen LogP contribution in [0.1, 0.15) is 11.9 Å². The molecule has 0 spiro atoms. The van der Waals surface area contributed by atoms with Gasteiger partial charge < -0.3 is 14.7 Å². The maximum atomic E-state index is 12.3. The first-order chi connectivity index (χ1) is 15.4. The van der Waals surface area contributed by atoms with E-state index in [0.29, 0.717) is 25.2 Å². The summed E-state index contributed by atoms with van der Waals surface area (Å²) in [4.78, 5) is 35.8. The van der Waals surface area contributed by atoms with Gasteiger partial charge in [0.1, 0.15) is 5.82 Å². The molecule has 1 aromatic carbocycles. The first-order valence-electron chi connectivity index (χ1n) is 9.85. The van der Waals surface area contributed by atoms with E-state index in [1.165, 1.54) is 23.5 Å². The van der Waals surface area contributed by atoms with Crippen molar-refractivity contribution in [1.29, 1.82) is 0 Å². The number of aliphatic imine (C=N–C) groups is 1. The lowest BCUT2D eigenvalue weighted by Gasteiger charge is -2.40. The monoisotopic (exact) mass is 524 g/mol. The van der Waals surface area contributed by atoms with Crippen molar-refractivity contribution in [3.8, 4) is 0 Å². The lowest BCUT2D eigenvalue weighted by molar-refractivity contribution is -0.139. The number of benzene rings is 1. The van der Waals surface area contributed by atoms with Gasteiger partial charge in [-0.3, -0.25) is 14.7 Å². The van der Waals surface area contributed by atoms with Crippen LogP contribution in [0.4, 0.5) is 4.39 Å². The quantitative estimate of drug-likeness (QED) is 0.600. The second-order valence-electron chi connectivity index (χ2n) is 6.82.